The largest absolute Gasteiger partial charge is 0.449 e. The van der Waals surface area contributed by atoms with Gasteiger partial charge in [0.1, 0.15) is 5.82 Å². The summed E-state index contributed by atoms with van der Waals surface area (Å²) in [7, 11) is 0. The molecule has 0 bridgehead atoms. The number of anilines is 1. The zero-order chi connectivity index (χ0) is 12.2. The summed E-state index contributed by atoms with van der Waals surface area (Å²) in [5.41, 5.74) is -0.614. The lowest BCUT2D eigenvalue weighted by molar-refractivity contribution is 0.118. The highest BCUT2D eigenvalue weighted by molar-refractivity contribution is 5.83. The fourth-order valence-corrected chi connectivity index (χ4v) is 0.870. The molecule has 16 heavy (non-hydrogen) atoms. The number of aromatic nitrogens is 2. The van der Waals surface area contributed by atoms with Crippen LogP contribution in [0.5, 0.6) is 0 Å². The Bertz CT molecular complexity index is 420. The first-order chi connectivity index (χ1) is 7.37. The average molecular weight is 225 g/mol. The Balaban J connectivity index is 2.49. The maximum Gasteiger partial charge on any atom is 0.412 e. The van der Waals surface area contributed by atoms with Gasteiger partial charge in [0.25, 0.3) is 0 Å². The van der Waals surface area contributed by atoms with Gasteiger partial charge in [0.2, 0.25) is 0 Å². The third-order valence-corrected chi connectivity index (χ3v) is 1.55. The molecule has 0 aliphatic carbocycles. The predicted octanol–water partition coefficient (Wildman–Crippen LogP) is 1.36. The van der Waals surface area contributed by atoms with E-state index >= 15 is 0 Å². The maximum atomic E-state index is 11.3. The molecule has 0 spiro atoms. The number of H-pyrrole nitrogens is 1. The molecule has 0 fully saturated rings. The quantitative estimate of drug-likeness (QED) is 0.796. The van der Waals surface area contributed by atoms with E-state index in [1.807, 2.05) is 20.8 Å². The number of carbonyl (C=O) groups excluding carboxylic acids is 1. The molecule has 0 aromatic carbocycles. The first kappa shape index (κ1) is 12.2. The lowest BCUT2D eigenvalue weighted by atomic mass is 9.99. The van der Waals surface area contributed by atoms with Crippen molar-refractivity contribution in [3.05, 3.63) is 22.7 Å². The Hall–Kier alpha value is -1.85. The maximum absolute atomic E-state index is 11.3. The molecular formula is C10H15N3O3. The van der Waals surface area contributed by atoms with Gasteiger partial charge in [0.05, 0.1) is 6.61 Å². The molecule has 0 atom stereocenters. The van der Waals surface area contributed by atoms with E-state index in [1.54, 1.807) is 0 Å². The van der Waals surface area contributed by atoms with Crippen molar-refractivity contribution >= 4 is 11.9 Å². The van der Waals surface area contributed by atoms with Crippen LogP contribution in [0.15, 0.2) is 17.1 Å². The van der Waals surface area contributed by atoms with E-state index in [2.05, 4.69) is 15.3 Å². The molecule has 1 rings (SSSR count). The van der Waals surface area contributed by atoms with Crippen LogP contribution in [0.2, 0.25) is 0 Å². The second-order valence-corrected chi connectivity index (χ2v) is 4.55. The smallest absolute Gasteiger partial charge is 0.412 e. The van der Waals surface area contributed by atoms with Crippen molar-refractivity contribution in [3.63, 3.8) is 0 Å². The Labute approximate surface area is 93.0 Å². The van der Waals surface area contributed by atoms with Gasteiger partial charge in [-0.15, -0.1) is 0 Å². The fourth-order valence-electron chi connectivity index (χ4n) is 0.870. The van der Waals surface area contributed by atoms with Crippen molar-refractivity contribution in [1.29, 1.82) is 0 Å². The lowest BCUT2D eigenvalue weighted by Crippen LogP contribution is -2.23. The van der Waals surface area contributed by atoms with E-state index < -0.39 is 11.8 Å². The third kappa shape index (κ3) is 4.59. The highest BCUT2D eigenvalue weighted by atomic mass is 16.5. The summed E-state index contributed by atoms with van der Waals surface area (Å²) in [5.74, 6) is 0.263. The van der Waals surface area contributed by atoms with E-state index in [0.717, 1.165) is 0 Å². The van der Waals surface area contributed by atoms with Crippen molar-refractivity contribution in [2.45, 2.75) is 20.8 Å². The van der Waals surface area contributed by atoms with Crippen LogP contribution in [0.3, 0.4) is 0 Å². The Morgan fingerprint density at radius 1 is 1.56 bits per heavy atom. The predicted molar refractivity (Wildman–Crippen MR) is 59.3 cm³/mol. The monoisotopic (exact) mass is 225 g/mol. The minimum absolute atomic E-state index is 0.0943. The number of hydrogen-bond acceptors (Lipinski definition) is 4. The number of rotatable bonds is 2. The van der Waals surface area contributed by atoms with E-state index in [-0.39, 0.29) is 11.2 Å². The fraction of sp³-hybridized carbons (Fsp3) is 0.500. The lowest BCUT2D eigenvalue weighted by Gasteiger charge is -2.17. The molecule has 0 saturated heterocycles. The van der Waals surface area contributed by atoms with Gasteiger partial charge in [-0.3, -0.25) is 10.3 Å². The molecule has 1 amide bonds. The van der Waals surface area contributed by atoms with Crippen molar-refractivity contribution in [3.8, 4) is 0 Å². The number of hydrogen-bond donors (Lipinski definition) is 2. The minimum Gasteiger partial charge on any atom is -0.449 e. The molecule has 0 radical (unpaired) electrons. The zero-order valence-electron chi connectivity index (χ0n) is 9.53. The Morgan fingerprint density at radius 3 is 2.81 bits per heavy atom. The molecule has 0 saturated carbocycles. The van der Waals surface area contributed by atoms with Gasteiger partial charge in [-0.2, -0.15) is 0 Å². The van der Waals surface area contributed by atoms with Crippen LogP contribution in [-0.2, 0) is 4.74 Å². The summed E-state index contributed by atoms with van der Waals surface area (Å²) in [5, 5.41) is 2.40. The number of amides is 1. The Morgan fingerprint density at radius 2 is 2.25 bits per heavy atom. The van der Waals surface area contributed by atoms with Gasteiger partial charge in [-0.1, -0.05) is 20.8 Å². The van der Waals surface area contributed by atoms with Gasteiger partial charge in [-0.05, 0) is 11.5 Å². The molecule has 0 aliphatic rings. The second-order valence-electron chi connectivity index (χ2n) is 4.55. The minimum atomic E-state index is -0.600. The topological polar surface area (TPSA) is 84.1 Å². The molecule has 1 heterocycles. The highest BCUT2D eigenvalue weighted by Crippen LogP contribution is 2.13. The van der Waals surface area contributed by atoms with Crippen molar-refractivity contribution in [2.24, 2.45) is 5.41 Å². The molecule has 0 unspecified atom stereocenters. The zero-order valence-corrected chi connectivity index (χ0v) is 9.53. The van der Waals surface area contributed by atoms with Crippen molar-refractivity contribution < 1.29 is 9.53 Å². The van der Waals surface area contributed by atoms with Crippen LogP contribution < -0.4 is 11.0 Å². The molecule has 6 heteroatoms. The van der Waals surface area contributed by atoms with Gasteiger partial charge >= 0.3 is 11.8 Å². The average Bonchev–Trinajstić information content (AvgIpc) is 2.14. The number of carbonyl (C=O) groups is 1. The standard InChI is InChI=1S/C10H15N3O3/c1-10(2,3)6-16-9(15)13-7-4-5-11-8(14)12-7/h4-5H,6H2,1-3H3,(H2,11,12,13,14,15). The van der Waals surface area contributed by atoms with E-state index in [0.29, 0.717) is 6.61 Å². The van der Waals surface area contributed by atoms with E-state index in [4.69, 9.17) is 4.74 Å². The van der Waals surface area contributed by atoms with Crippen LogP contribution in [-0.4, -0.2) is 22.7 Å². The second kappa shape index (κ2) is 4.78. The normalized spacial score (nSPS) is 10.9. The van der Waals surface area contributed by atoms with Gasteiger partial charge in [-0.25, -0.2) is 14.6 Å². The van der Waals surface area contributed by atoms with Crippen LogP contribution in [0.25, 0.3) is 0 Å². The molecule has 0 aliphatic heterocycles. The number of nitrogens with one attached hydrogen (secondary N) is 2. The molecule has 2 N–H and O–H groups in total. The molecular weight excluding hydrogens is 210 g/mol. The summed E-state index contributed by atoms with van der Waals surface area (Å²) in [4.78, 5) is 27.9. The van der Waals surface area contributed by atoms with E-state index in [1.165, 1.54) is 12.3 Å². The molecule has 88 valence electrons. The number of aromatic amines is 1. The summed E-state index contributed by atoms with van der Waals surface area (Å²) in [6.07, 6.45) is 0.704. The van der Waals surface area contributed by atoms with E-state index in [9.17, 15) is 9.59 Å². The van der Waals surface area contributed by atoms with Crippen molar-refractivity contribution in [2.75, 3.05) is 11.9 Å². The van der Waals surface area contributed by atoms with Gasteiger partial charge in [0, 0.05) is 6.20 Å². The first-order valence-corrected chi connectivity index (χ1v) is 4.86. The van der Waals surface area contributed by atoms with Crippen LogP contribution in [0.4, 0.5) is 10.6 Å². The SMILES string of the molecule is CC(C)(C)COC(=O)Nc1ccnc(=O)[nH]1. The van der Waals surface area contributed by atoms with Crippen LogP contribution in [0, 0.1) is 5.41 Å². The first-order valence-electron chi connectivity index (χ1n) is 4.86. The molecule has 6 nitrogen and oxygen atoms in total. The number of ether oxygens (including phenoxy) is 1. The third-order valence-electron chi connectivity index (χ3n) is 1.55. The van der Waals surface area contributed by atoms with Crippen LogP contribution in [0.1, 0.15) is 20.8 Å². The van der Waals surface area contributed by atoms with Gasteiger partial charge < -0.3 is 4.74 Å². The highest BCUT2D eigenvalue weighted by Gasteiger charge is 2.13. The molecule has 1 aromatic heterocycles. The van der Waals surface area contributed by atoms with Gasteiger partial charge in [0.15, 0.2) is 0 Å². The van der Waals surface area contributed by atoms with Crippen LogP contribution >= 0.6 is 0 Å². The summed E-state index contributed by atoms with van der Waals surface area (Å²) < 4.78 is 4.96. The Kier molecular flexibility index (Phi) is 3.65. The summed E-state index contributed by atoms with van der Waals surface area (Å²) in [6.45, 7) is 6.16. The van der Waals surface area contributed by atoms with Crippen molar-refractivity contribution in [1.82, 2.24) is 9.97 Å². The summed E-state index contributed by atoms with van der Waals surface area (Å²) >= 11 is 0. The molecule has 1 aromatic rings. The number of nitrogens with zero attached hydrogens (tertiary/aromatic N) is 1. The summed E-state index contributed by atoms with van der Waals surface area (Å²) in [6, 6.07) is 1.47.